The summed E-state index contributed by atoms with van der Waals surface area (Å²) in [6, 6.07) is 27.3. The predicted octanol–water partition coefficient (Wildman–Crippen LogP) is 6.11. The van der Waals surface area contributed by atoms with Gasteiger partial charge in [0.2, 0.25) is 0 Å². The van der Waals surface area contributed by atoms with Gasteiger partial charge in [0.15, 0.2) is 4.34 Å². The van der Waals surface area contributed by atoms with Crippen LogP contribution in [0.1, 0.15) is 0 Å². The summed E-state index contributed by atoms with van der Waals surface area (Å²) in [6.45, 7) is 0. The standard InChI is InChI=1S/C19H13NS2/c1-3-7-14(8-4-1)15-11-12-18-17(13-15)20-19(22-18)21-16-9-5-2-6-10-16/h1-13H. The number of benzene rings is 3. The molecule has 3 heteroatoms. The Morgan fingerprint density at radius 2 is 1.45 bits per heavy atom. The highest BCUT2D eigenvalue weighted by molar-refractivity contribution is 8.01. The van der Waals surface area contributed by atoms with Crippen molar-refractivity contribution in [3.05, 3.63) is 78.9 Å². The molecule has 0 N–H and O–H groups in total. The van der Waals surface area contributed by atoms with Gasteiger partial charge in [0.1, 0.15) is 0 Å². The second-order valence-corrected chi connectivity index (χ2v) is 7.29. The molecular weight excluding hydrogens is 306 g/mol. The molecule has 0 fully saturated rings. The summed E-state index contributed by atoms with van der Waals surface area (Å²) in [5, 5.41) is 0. The van der Waals surface area contributed by atoms with Crippen molar-refractivity contribution in [3.8, 4) is 11.1 Å². The van der Waals surface area contributed by atoms with Gasteiger partial charge in [-0.25, -0.2) is 4.98 Å². The Kier molecular flexibility index (Phi) is 3.67. The Balaban J connectivity index is 1.69. The van der Waals surface area contributed by atoms with Crippen LogP contribution in [0, 0.1) is 0 Å². The van der Waals surface area contributed by atoms with E-state index in [9.17, 15) is 0 Å². The van der Waals surface area contributed by atoms with Crippen molar-refractivity contribution in [2.24, 2.45) is 0 Å². The first-order valence-corrected chi connectivity index (χ1v) is 8.71. The molecule has 4 rings (SSSR count). The Hall–Kier alpha value is -2.10. The van der Waals surface area contributed by atoms with E-state index in [1.807, 2.05) is 12.1 Å². The van der Waals surface area contributed by atoms with Crippen LogP contribution >= 0.6 is 23.1 Å². The van der Waals surface area contributed by atoms with Crippen molar-refractivity contribution < 1.29 is 0 Å². The lowest BCUT2D eigenvalue weighted by Gasteiger charge is -2.00. The first-order valence-electron chi connectivity index (χ1n) is 7.07. The SMILES string of the molecule is c1ccc(Sc2nc3cc(-c4ccccc4)ccc3s2)cc1. The van der Waals surface area contributed by atoms with Crippen molar-refractivity contribution in [1.29, 1.82) is 0 Å². The second-order valence-electron chi connectivity index (χ2n) is 4.94. The lowest BCUT2D eigenvalue weighted by Crippen LogP contribution is -1.77. The van der Waals surface area contributed by atoms with E-state index < -0.39 is 0 Å². The average Bonchev–Trinajstić information content (AvgIpc) is 2.98. The van der Waals surface area contributed by atoms with E-state index in [1.54, 1.807) is 23.1 Å². The molecule has 22 heavy (non-hydrogen) atoms. The molecule has 0 saturated heterocycles. The first-order chi connectivity index (χ1) is 10.9. The maximum atomic E-state index is 4.78. The van der Waals surface area contributed by atoms with E-state index in [2.05, 4.69) is 66.7 Å². The van der Waals surface area contributed by atoms with Crippen LogP contribution in [0.25, 0.3) is 21.3 Å². The van der Waals surface area contributed by atoms with Crippen LogP contribution in [0.2, 0.25) is 0 Å². The molecular formula is C19H13NS2. The third-order valence-electron chi connectivity index (χ3n) is 3.42. The van der Waals surface area contributed by atoms with Gasteiger partial charge in [-0.05, 0) is 35.4 Å². The molecule has 0 atom stereocenters. The molecule has 1 nitrogen and oxygen atoms in total. The maximum Gasteiger partial charge on any atom is 0.155 e. The number of nitrogens with zero attached hydrogens (tertiary/aromatic N) is 1. The van der Waals surface area contributed by atoms with E-state index >= 15 is 0 Å². The van der Waals surface area contributed by atoms with Crippen LogP contribution in [0.15, 0.2) is 88.1 Å². The number of fused-ring (bicyclic) bond motifs is 1. The highest BCUT2D eigenvalue weighted by Crippen LogP contribution is 2.35. The normalized spacial score (nSPS) is 10.9. The van der Waals surface area contributed by atoms with Crippen molar-refractivity contribution in [2.75, 3.05) is 0 Å². The molecule has 106 valence electrons. The van der Waals surface area contributed by atoms with Gasteiger partial charge >= 0.3 is 0 Å². The fourth-order valence-electron chi connectivity index (χ4n) is 2.35. The van der Waals surface area contributed by atoms with Crippen molar-refractivity contribution >= 4 is 33.3 Å². The zero-order valence-corrected chi connectivity index (χ0v) is 13.4. The number of hydrogen-bond donors (Lipinski definition) is 0. The van der Waals surface area contributed by atoms with Crippen LogP contribution in [-0.4, -0.2) is 4.98 Å². The fourth-order valence-corrected chi connectivity index (χ4v) is 4.39. The second kappa shape index (κ2) is 5.95. The van der Waals surface area contributed by atoms with Gasteiger partial charge in [-0.15, -0.1) is 11.3 Å². The van der Waals surface area contributed by atoms with Gasteiger partial charge in [-0.2, -0.15) is 0 Å². The zero-order chi connectivity index (χ0) is 14.8. The number of thiazole rings is 1. The topological polar surface area (TPSA) is 12.9 Å². The number of aromatic nitrogens is 1. The van der Waals surface area contributed by atoms with Gasteiger partial charge < -0.3 is 0 Å². The molecule has 0 aliphatic rings. The van der Waals surface area contributed by atoms with Crippen LogP contribution < -0.4 is 0 Å². The average molecular weight is 319 g/mol. The predicted molar refractivity (Wildman–Crippen MR) is 95.6 cm³/mol. The molecule has 1 aromatic heterocycles. The Morgan fingerprint density at radius 3 is 2.23 bits per heavy atom. The van der Waals surface area contributed by atoms with Crippen LogP contribution in [0.3, 0.4) is 0 Å². The summed E-state index contributed by atoms with van der Waals surface area (Å²) in [5.41, 5.74) is 3.52. The Morgan fingerprint density at radius 1 is 0.727 bits per heavy atom. The fraction of sp³-hybridized carbons (Fsp3) is 0. The Bertz CT molecular complexity index is 899. The van der Waals surface area contributed by atoms with E-state index in [0.29, 0.717) is 0 Å². The molecule has 1 heterocycles. The summed E-state index contributed by atoms with van der Waals surface area (Å²) < 4.78 is 2.32. The lowest BCUT2D eigenvalue weighted by atomic mass is 10.1. The van der Waals surface area contributed by atoms with Gasteiger partial charge in [0.05, 0.1) is 10.2 Å². The smallest absolute Gasteiger partial charge is 0.155 e. The maximum absolute atomic E-state index is 4.78. The number of rotatable bonds is 3. The van der Waals surface area contributed by atoms with Crippen molar-refractivity contribution in [3.63, 3.8) is 0 Å². The van der Waals surface area contributed by atoms with Gasteiger partial charge in [0, 0.05) is 4.90 Å². The van der Waals surface area contributed by atoms with E-state index in [-0.39, 0.29) is 0 Å². The largest absolute Gasteiger partial charge is 0.229 e. The third-order valence-corrected chi connectivity index (χ3v) is 5.53. The van der Waals surface area contributed by atoms with Crippen molar-refractivity contribution in [1.82, 2.24) is 4.98 Å². The third kappa shape index (κ3) is 2.78. The van der Waals surface area contributed by atoms with Gasteiger partial charge in [0.25, 0.3) is 0 Å². The van der Waals surface area contributed by atoms with Gasteiger partial charge in [-0.1, -0.05) is 66.4 Å². The van der Waals surface area contributed by atoms with Gasteiger partial charge in [-0.3, -0.25) is 0 Å². The highest BCUT2D eigenvalue weighted by Gasteiger charge is 2.07. The molecule has 0 aliphatic carbocycles. The summed E-state index contributed by atoms with van der Waals surface area (Å²) in [4.78, 5) is 6.00. The van der Waals surface area contributed by atoms with Crippen LogP contribution in [0.4, 0.5) is 0 Å². The molecule has 0 radical (unpaired) electrons. The minimum atomic E-state index is 1.07. The number of hydrogen-bond acceptors (Lipinski definition) is 3. The molecule has 0 spiro atoms. The monoisotopic (exact) mass is 319 g/mol. The lowest BCUT2D eigenvalue weighted by molar-refractivity contribution is 1.29. The van der Waals surface area contributed by atoms with Crippen LogP contribution in [0.5, 0.6) is 0 Å². The minimum Gasteiger partial charge on any atom is -0.229 e. The highest BCUT2D eigenvalue weighted by atomic mass is 32.2. The molecule has 3 aromatic carbocycles. The summed E-state index contributed by atoms with van der Waals surface area (Å²) in [6.07, 6.45) is 0. The molecule has 4 aromatic rings. The summed E-state index contributed by atoms with van der Waals surface area (Å²) >= 11 is 3.47. The quantitative estimate of drug-likeness (QED) is 0.451. The van der Waals surface area contributed by atoms with E-state index in [4.69, 9.17) is 4.98 Å². The first kappa shape index (κ1) is 13.6. The van der Waals surface area contributed by atoms with E-state index in [1.165, 1.54) is 20.7 Å². The molecule has 0 bridgehead atoms. The van der Waals surface area contributed by atoms with E-state index in [0.717, 1.165) is 9.86 Å². The van der Waals surface area contributed by atoms with Crippen molar-refractivity contribution in [2.45, 2.75) is 9.24 Å². The molecule has 0 saturated carbocycles. The minimum absolute atomic E-state index is 1.07. The summed E-state index contributed by atoms with van der Waals surface area (Å²) in [5.74, 6) is 0. The Labute approximate surface area is 137 Å². The van der Waals surface area contributed by atoms with Crippen LogP contribution in [-0.2, 0) is 0 Å². The molecule has 0 unspecified atom stereocenters. The molecule has 0 aliphatic heterocycles. The summed E-state index contributed by atoms with van der Waals surface area (Å²) in [7, 11) is 0. The molecule has 0 amide bonds. The zero-order valence-electron chi connectivity index (χ0n) is 11.8.